The Hall–Kier alpha value is 0.729. The average Bonchev–Trinajstić information content (AvgIpc) is 1.38. The molecule has 0 bridgehead atoms. The van der Waals surface area contributed by atoms with Crippen molar-refractivity contribution in [3.05, 3.63) is 0 Å². The Kier molecular flexibility index (Phi) is 22.1. The van der Waals surface area contributed by atoms with E-state index >= 15 is 0 Å². The van der Waals surface area contributed by atoms with Gasteiger partial charge in [-0.15, -0.1) is 0 Å². The maximum absolute atomic E-state index is 8.07. The minimum absolute atomic E-state index is 0. The Balaban J connectivity index is -0.0000000800. The van der Waals surface area contributed by atoms with Gasteiger partial charge in [0.2, 0.25) is 0 Å². The molecule has 0 unspecified atom stereocenters. The topological polar surface area (TPSA) is 23.5 Å². The number of hydrogen-bond acceptors (Lipinski definition) is 2. The van der Waals surface area contributed by atoms with Gasteiger partial charge in [0.1, 0.15) is 0 Å². The Morgan fingerprint density at radius 1 is 1.43 bits per heavy atom. The van der Waals surface area contributed by atoms with E-state index in [2.05, 4.69) is 0 Å². The second kappa shape index (κ2) is 9.88. The third kappa shape index (κ3) is 20.2. The molecule has 0 heterocycles. The van der Waals surface area contributed by atoms with Crippen molar-refractivity contribution in [1.82, 2.24) is 4.90 Å². The van der Waals surface area contributed by atoms with Crippen molar-refractivity contribution in [3.8, 4) is 0 Å². The molecule has 0 atom stereocenters. The average molecular weight is 166 g/mol. The molecule has 0 saturated carbocycles. The number of halogens is 1. The smallest absolute Gasteiger partial charge is 0.0951 e. The minimum Gasteiger partial charge on any atom is -1.00 e. The number of nitrogens with zero attached hydrogens (tertiary/aromatic N) is 1. The van der Waals surface area contributed by atoms with Crippen molar-refractivity contribution in [3.63, 3.8) is 0 Å². The minimum atomic E-state index is 0. The summed E-state index contributed by atoms with van der Waals surface area (Å²) in [5.74, 6) is 0. The summed E-state index contributed by atoms with van der Waals surface area (Å²) < 4.78 is 0. The van der Waals surface area contributed by atoms with E-state index in [1.807, 2.05) is 0 Å². The molecule has 0 saturated heterocycles. The van der Waals surface area contributed by atoms with Gasteiger partial charge in [-0.05, 0) is 14.1 Å². The molecule has 4 heteroatoms. The second-order valence-electron chi connectivity index (χ2n) is 1.22. The molecule has 0 aliphatic rings. The first-order valence-electron chi connectivity index (χ1n) is 1.53. The van der Waals surface area contributed by atoms with E-state index in [0.717, 1.165) is 0 Å². The summed E-state index contributed by atoms with van der Waals surface area (Å²) in [5.41, 5.74) is 0. The van der Waals surface area contributed by atoms with Crippen LogP contribution in [0.5, 0.6) is 0 Å². The van der Waals surface area contributed by atoms with Crippen molar-refractivity contribution in [2.75, 3.05) is 20.8 Å². The number of hydrogen-bond donors (Lipinski definition) is 1. The van der Waals surface area contributed by atoms with E-state index in [1.165, 1.54) is 0 Å². The Morgan fingerprint density at radius 3 is 1.57 bits per heavy atom. The summed E-state index contributed by atoms with van der Waals surface area (Å²) in [6.45, 7) is 0.139. The molecule has 0 aromatic heterocycles. The standard InChI is InChI=1S/C3H9NO.ClH.Mn/c1-4(2)3-5;;/h5H,3H2,1-2H3;1H;/p-1. The van der Waals surface area contributed by atoms with E-state index in [0.29, 0.717) is 0 Å². The Morgan fingerprint density at radius 2 is 1.57 bits per heavy atom. The molecule has 0 aliphatic carbocycles. The largest absolute Gasteiger partial charge is 1.00 e. The van der Waals surface area contributed by atoms with Crippen LogP contribution >= 0.6 is 0 Å². The first kappa shape index (κ1) is 15.6. The molecule has 47 valence electrons. The van der Waals surface area contributed by atoms with Crippen LogP contribution in [0.25, 0.3) is 0 Å². The molecule has 2 nitrogen and oxygen atoms in total. The molecule has 0 amide bonds. The molecule has 0 aromatic carbocycles. The molecule has 0 spiro atoms. The van der Waals surface area contributed by atoms with Gasteiger partial charge in [-0.1, -0.05) is 0 Å². The molecule has 0 aliphatic heterocycles. The fourth-order valence-corrected chi connectivity index (χ4v) is 0. The van der Waals surface area contributed by atoms with Gasteiger partial charge in [-0.25, -0.2) is 0 Å². The van der Waals surface area contributed by atoms with Crippen LogP contribution in [0.1, 0.15) is 0 Å². The molecule has 0 fully saturated rings. The number of aliphatic hydroxyl groups is 1. The monoisotopic (exact) mass is 165 g/mol. The van der Waals surface area contributed by atoms with Crippen molar-refractivity contribution in [2.45, 2.75) is 0 Å². The van der Waals surface area contributed by atoms with Gasteiger partial charge in [0.25, 0.3) is 0 Å². The van der Waals surface area contributed by atoms with Gasteiger partial charge < -0.3 is 17.5 Å². The van der Waals surface area contributed by atoms with Gasteiger partial charge in [0.15, 0.2) is 0 Å². The van der Waals surface area contributed by atoms with Crippen LogP contribution in [0, 0.1) is 0 Å². The van der Waals surface area contributed by atoms with Crippen LogP contribution in [-0.4, -0.2) is 30.8 Å². The van der Waals surface area contributed by atoms with Gasteiger partial charge in [0, 0.05) is 17.1 Å². The van der Waals surface area contributed by atoms with Gasteiger partial charge in [-0.2, -0.15) is 0 Å². The van der Waals surface area contributed by atoms with Crippen LogP contribution in [0.15, 0.2) is 0 Å². The maximum atomic E-state index is 8.07. The number of rotatable bonds is 1. The second-order valence-corrected chi connectivity index (χ2v) is 1.22. The van der Waals surface area contributed by atoms with Crippen LogP contribution < -0.4 is 12.4 Å². The summed E-state index contributed by atoms with van der Waals surface area (Å²) in [5, 5.41) is 8.07. The predicted octanol–water partition coefficient (Wildman–Crippen LogP) is -3.50. The molecule has 0 rings (SSSR count). The van der Waals surface area contributed by atoms with Gasteiger partial charge >= 0.3 is 0 Å². The summed E-state index contributed by atoms with van der Waals surface area (Å²) in [6, 6.07) is 0. The van der Waals surface area contributed by atoms with Crippen LogP contribution in [0.2, 0.25) is 0 Å². The number of aliphatic hydroxyl groups excluding tert-OH is 1. The first-order valence-corrected chi connectivity index (χ1v) is 1.53. The Labute approximate surface area is 60.8 Å². The van der Waals surface area contributed by atoms with E-state index in [9.17, 15) is 0 Å². The van der Waals surface area contributed by atoms with Crippen LogP contribution in [-0.2, 0) is 17.1 Å². The fraction of sp³-hybridized carbons (Fsp3) is 1.00. The zero-order chi connectivity index (χ0) is 4.28. The van der Waals surface area contributed by atoms with Gasteiger partial charge in [-0.3, -0.25) is 4.90 Å². The van der Waals surface area contributed by atoms with Crippen LogP contribution in [0.4, 0.5) is 0 Å². The molecular weight excluding hydrogens is 156 g/mol. The summed E-state index contributed by atoms with van der Waals surface area (Å²) in [7, 11) is 3.61. The molecular formula is C3H9ClMnNO-. The Bertz CT molecular complexity index is 28.9. The zero-order valence-corrected chi connectivity index (χ0v) is 6.29. The molecule has 1 radical (unpaired) electrons. The van der Waals surface area contributed by atoms with Crippen molar-refractivity contribution < 1.29 is 34.6 Å². The molecule has 1 N–H and O–H groups in total. The van der Waals surface area contributed by atoms with Crippen LogP contribution in [0.3, 0.4) is 0 Å². The third-order valence-corrected chi connectivity index (χ3v) is 0.283. The predicted molar refractivity (Wildman–Crippen MR) is 20.8 cm³/mol. The first-order chi connectivity index (χ1) is 2.27. The SMILES string of the molecule is CN(C)CO.[Cl-].[Mn]. The van der Waals surface area contributed by atoms with E-state index in [-0.39, 0.29) is 36.2 Å². The molecule has 7 heavy (non-hydrogen) atoms. The van der Waals surface area contributed by atoms with E-state index < -0.39 is 0 Å². The third-order valence-electron chi connectivity index (χ3n) is 0.283. The van der Waals surface area contributed by atoms with E-state index in [4.69, 9.17) is 5.11 Å². The quantitative estimate of drug-likeness (QED) is 0.322. The van der Waals surface area contributed by atoms with Gasteiger partial charge in [0.05, 0.1) is 6.73 Å². The van der Waals surface area contributed by atoms with Crippen molar-refractivity contribution >= 4 is 0 Å². The normalized spacial score (nSPS) is 6.86. The summed E-state index contributed by atoms with van der Waals surface area (Å²) in [4.78, 5) is 1.68. The maximum Gasteiger partial charge on any atom is 0.0951 e. The molecule has 0 aromatic rings. The zero-order valence-electron chi connectivity index (χ0n) is 4.36. The van der Waals surface area contributed by atoms with Crippen molar-refractivity contribution in [2.24, 2.45) is 0 Å². The summed E-state index contributed by atoms with van der Waals surface area (Å²) >= 11 is 0. The van der Waals surface area contributed by atoms with Crippen molar-refractivity contribution in [1.29, 1.82) is 0 Å². The fourth-order valence-electron chi connectivity index (χ4n) is 0. The van der Waals surface area contributed by atoms with E-state index in [1.54, 1.807) is 19.0 Å². The summed E-state index contributed by atoms with van der Waals surface area (Å²) in [6.07, 6.45) is 0.